The van der Waals surface area contributed by atoms with Gasteiger partial charge in [0, 0.05) is 11.8 Å². The maximum Gasteiger partial charge on any atom is 0.187 e. The van der Waals surface area contributed by atoms with Gasteiger partial charge in [-0.25, -0.2) is 4.98 Å². The molecule has 1 heterocycles. The van der Waals surface area contributed by atoms with Gasteiger partial charge in [-0.3, -0.25) is 4.99 Å². The molecule has 0 aliphatic carbocycles. The lowest BCUT2D eigenvalue weighted by molar-refractivity contribution is 0.244. The van der Waals surface area contributed by atoms with Crippen molar-refractivity contribution in [3.63, 3.8) is 0 Å². The summed E-state index contributed by atoms with van der Waals surface area (Å²) in [4.78, 5) is 7.89. The van der Waals surface area contributed by atoms with Crippen LogP contribution in [0, 0.1) is 0 Å². The first kappa shape index (κ1) is 11.2. The minimum Gasteiger partial charge on any atom is -0.485 e. The van der Waals surface area contributed by atoms with Gasteiger partial charge in [0.25, 0.3) is 0 Å². The van der Waals surface area contributed by atoms with E-state index in [1.165, 1.54) is 0 Å². The Morgan fingerprint density at radius 1 is 1.60 bits per heavy atom. The van der Waals surface area contributed by atoms with Crippen LogP contribution in [0.2, 0.25) is 0 Å². The van der Waals surface area contributed by atoms with Crippen LogP contribution in [0.25, 0.3) is 6.08 Å². The third kappa shape index (κ3) is 2.34. The topological polar surface area (TPSA) is 60.5 Å². The molecule has 0 aromatic carbocycles. The minimum absolute atomic E-state index is 0.00895. The third-order valence-corrected chi connectivity index (χ3v) is 1.80. The number of nitrogens with two attached hydrogens (primary N) is 1. The Kier molecular flexibility index (Phi) is 3.44. The molecule has 0 aliphatic rings. The molecule has 0 saturated carbocycles. The van der Waals surface area contributed by atoms with Gasteiger partial charge in [-0.05, 0) is 20.6 Å². The normalized spacial score (nSPS) is 10.1. The van der Waals surface area contributed by atoms with Gasteiger partial charge in [0.1, 0.15) is 5.69 Å². The highest BCUT2D eigenvalue weighted by molar-refractivity contribution is 5.75. The van der Waals surface area contributed by atoms with Crippen LogP contribution in [0.15, 0.2) is 17.8 Å². The average Bonchev–Trinajstić information content (AvgIpc) is 2.20. The number of nitrogens with zero attached hydrogens (tertiary/aromatic N) is 2. The number of ether oxygens (including phenoxy) is 1. The van der Waals surface area contributed by atoms with E-state index in [2.05, 4.69) is 23.3 Å². The second-order valence-electron chi connectivity index (χ2n) is 3.31. The van der Waals surface area contributed by atoms with Crippen molar-refractivity contribution in [2.24, 2.45) is 4.99 Å². The summed E-state index contributed by atoms with van der Waals surface area (Å²) in [6, 6.07) is 0. The number of rotatable bonds is 4. The van der Waals surface area contributed by atoms with Gasteiger partial charge in [-0.1, -0.05) is 12.7 Å². The highest BCUT2D eigenvalue weighted by Gasteiger charge is 2.13. The second kappa shape index (κ2) is 4.59. The van der Waals surface area contributed by atoms with Crippen LogP contribution in [0.1, 0.15) is 19.4 Å². The lowest BCUT2D eigenvalue weighted by atomic mass is 10.2. The lowest BCUT2D eigenvalue weighted by Crippen LogP contribution is -2.09. The van der Waals surface area contributed by atoms with E-state index >= 15 is 0 Å². The molecule has 0 amide bonds. The van der Waals surface area contributed by atoms with E-state index in [0.29, 0.717) is 17.3 Å². The van der Waals surface area contributed by atoms with Gasteiger partial charge in [0.05, 0.1) is 6.10 Å². The molecular formula is C11H15N3O. The predicted octanol–water partition coefficient (Wildman–Crippen LogP) is 2.43. The molecule has 15 heavy (non-hydrogen) atoms. The molecule has 0 spiro atoms. The number of aromatic nitrogens is 1. The number of anilines is 1. The quantitative estimate of drug-likeness (QED) is 0.768. The Balaban J connectivity index is 3.31. The molecule has 0 atom stereocenters. The molecule has 80 valence electrons. The average molecular weight is 205 g/mol. The summed E-state index contributed by atoms with van der Waals surface area (Å²) in [5.41, 5.74) is 7.06. The molecular weight excluding hydrogens is 190 g/mol. The molecule has 1 aromatic rings. The van der Waals surface area contributed by atoms with Gasteiger partial charge >= 0.3 is 0 Å². The van der Waals surface area contributed by atoms with E-state index in [4.69, 9.17) is 10.5 Å². The van der Waals surface area contributed by atoms with Crippen LogP contribution in [-0.4, -0.2) is 17.8 Å². The van der Waals surface area contributed by atoms with Gasteiger partial charge in [0.15, 0.2) is 11.6 Å². The van der Waals surface area contributed by atoms with Crippen molar-refractivity contribution in [2.75, 3.05) is 5.73 Å². The van der Waals surface area contributed by atoms with Crippen molar-refractivity contribution in [3.05, 3.63) is 18.3 Å². The summed E-state index contributed by atoms with van der Waals surface area (Å²) < 4.78 is 5.54. The van der Waals surface area contributed by atoms with E-state index in [1.54, 1.807) is 12.3 Å². The van der Waals surface area contributed by atoms with Crippen LogP contribution in [-0.2, 0) is 0 Å². The molecule has 0 aliphatic heterocycles. The molecule has 0 saturated heterocycles. The maximum atomic E-state index is 5.71. The number of hydrogen-bond acceptors (Lipinski definition) is 4. The van der Waals surface area contributed by atoms with Crippen LogP contribution >= 0.6 is 0 Å². The molecule has 1 rings (SSSR count). The summed E-state index contributed by atoms with van der Waals surface area (Å²) in [7, 11) is 0. The molecule has 0 radical (unpaired) electrons. The predicted molar refractivity (Wildman–Crippen MR) is 63.7 cm³/mol. The second-order valence-corrected chi connectivity index (χ2v) is 3.31. The Morgan fingerprint density at radius 3 is 2.73 bits per heavy atom. The monoisotopic (exact) mass is 205 g/mol. The number of hydrogen-bond donors (Lipinski definition) is 1. The molecule has 4 nitrogen and oxygen atoms in total. The SMILES string of the molecule is C=Cc1cnc(N)c(OC(C)C)c1N=C. The van der Waals surface area contributed by atoms with Crippen molar-refractivity contribution >= 4 is 24.3 Å². The fraction of sp³-hybridized carbons (Fsp3) is 0.273. The first-order valence-corrected chi connectivity index (χ1v) is 4.64. The minimum atomic E-state index is 0.00895. The van der Waals surface area contributed by atoms with Crippen LogP contribution in [0.4, 0.5) is 11.5 Å². The van der Waals surface area contributed by atoms with Gasteiger partial charge in [-0.2, -0.15) is 0 Å². The van der Waals surface area contributed by atoms with E-state index in [1.807, 2.05) is 13.8 Å². The zero-order valence-electron chi connectivity index (χ0n) is 9.03. The molecule has 0 unspecified atom stereocenters. The van der Waals surface area contributed by atoms with E-state index in [9.17, 15) is 0 Å². The van der Waals surface area contributed by atoms with Crippen LogP contribution in [0.5, 0.6) is 5.75 Å². The first-order chi connectivity index (χ1) is 7.10. The highest BCUT2D eigenvalue weighted by atomic mass is 16.5. The van der Waals surface area contributed by atoms with E-state index < -0.39 is 0 Å². The standard InChI is InChI=1S/C11H15N3O/c1-5-8-6-14-11(12)10(9(8)13-4)15-7(2)3/h5-7H,1,4H2,2-3H3,(H2,12,14). The van der Waals surface area contributed by atoms with Crippen molar-refractivity contribution in [2.45, 2.75) is 20.0 Å². The van der Waals surface area contributed by atoms with Crippen molar-refractivity contribution in [1.82, 2.24) is 4.98 Å². The van der Waals surface area contributed by atoms with Gasteiger partial charge < -0.3 is 10.5 Å². The summed E-state index contributed by atoms with van der Waals surface area (Å²) >= 11 is 0. The van der Waals surface area contributed by atoms with Crippen molar-refractivity contribution < 1.29 is 4.74 Å². The summed E-state index contributed by atoms with van der Waals surface area (Å²) in [5, 5.41) is 0. The molecule has 0 bridgehead atoms. The largest absolute Gasteiger partial charge is 0.485 e. The number of aliphatic imine (C=N–C) groups is 1. The zero-order chi connectivity index (χ0) is 11.4. The Labute approximate surface area is 89.5 Å². The molecule has 2 N–H and O–H groups in total. The highest BCUT2D eigenvalue weighted by Crippen LogP contribution is 2.36. The fourth-order valence-electron chi connectivity index (χ4n) is 1.18. The Hall–Kier alpha value is -1.84. The van der Waals surface area contributed by atoms with Crippen molar-refractivity contribution in [1.29, 1.82) is 0 Å². The van der Waals surface area contributed by atoms with Crippen LogP contribution in [0.3, 0.4) is 0 Å². The molecule has 0 fully saturated rings. The van der Waals surface area contributed by atoms with Gasteiger partial charge in [0.2, 0.25) is 0 Å². The third-order valence-electron chi connectivity index (χ3n) is 1.80. The van der Waals surface area contributed by atoms with Crippen molar-refractivity contribution in [3.8, 4) is 5.75 Å². The van der Waals surface area contributed by atoms with E-state index in [0.717, 1.165) is 5.56 Å². The number of nitrogen functional groups attached to an aromatic ring is 1. The lowest BCUT2D eigenvalue weighted by Gasteiger charge is -2.14. The summed E-state index contributed by atoms with van der Waals surface area (Å²) in [6.45, 7) is 11.0. The summed E-state index contributed by atoms with van der Waals surface area (Å²) in [5.74, 6) is 0.786. The molecule has 4 heteroatoms. The fourth-order valence-corrected chi connectivity index (χ4v) is 1.18. The Bertz CT molecular complexity index is 386. The molecule has 1 aromatic heterocycles. The smallest absolute Gasteiger partial charge is 0.187 e. The van der Waals surface area contributed by atoms with Gasteiger partial charge in [-0.15, -0.1) is 0 Å². The van der Waals surface area contributed by atoms with E-state index in [-0.39, 0.29) is 6.10 Å². The zero-order valence-corrected chi connectivity index (χ0v) is 9.03. The Morgan fingerprint density at radius 2 is 2.27 bits per heavy atom. The maximum absolute atomic E-state index is 5.71. The number of pyridine rings is 1. The first-order valence-electron chi connectivity index (χ1n) is 4.64. The summed E-state index contributed by atoms with van der Waals surface area (Å²) in [6.07, 6.45) is 3.25. The van der Waals surface area contributed by atoms with Crippen LogP contribution < -0.4 is 10.5 Å².